The second-order valence-electron chi connectivity index (χ2n) is 10.1. The number of aromatic nitrogens is 2. The van der Waals surface area contributed by atoms with E-state index in [1.54, 1.807) is 11.9 Å². The van der Waals surface area contributed by atoms with Crippen LogP contribution in [0.1, 0.15) is 48.8 Å². The van der Waals surface area contributed by atoms with Gasteiger partial charge in [-0.05, 0) is 38.2 Å². The lowest BCUT2D eigenvalue weighted by atomic mass is 10.0. The highest BCUT2D eigenvalue weighted by Crippen LogP contribution is 2.36. The highest BCUT2D eigenvalue weighted by molar-refractivity contribution is 6.09. The number of aliphatic imine (C=N–C) groups is 1. The van der Waals surface area contributed by atoms with Crippen LogP contribution in [0.5, 0.6) is 5.75 Å². The second-order valence-corrected chi connectivity index (χ2v) is 10.1. The summed E-state index contributed by atoms with van der Waals surface area (Å²) in [5, 5.41) is 1.63. The number of ether oxygens (including phenoxy) is 2. The lowest BCUT2D eigenvalue weighted by molar-refractivity contribution is -0.129. The van der Waals surface area contributed by atoms with Gasteiger partial charge in [0.05, 0.1) is 31.7 Å². The SMILES string of the molecule is CCC1CN(C(=O)c2ncnc(C)c2OC)CCN1C1=C2CCCN2C2=NC(C3=CCOCC3)NN2C1=O. The summed E-state index contributed by atoms with van der Waals surface area (Å²) in [6, 6.07) is -0.00869. The number of amides is 2. The summed E-state index contributed by atoms with van der Waals surface area (Å²) in [6.07, 6.45) is 6.61. The molecule has 5 aliphatic heterocycles. The van der Waals surface area contributed by atoms with Crippen molar-refractivity contribution in [2.45, 2.75) is 51.7 Å². The number of fused-ring (bicyclic) bond motifs is 3. The molecule has 2 unspecified atom stereocenters. The number of allylic oxidation sites excluding steroid dienone is 1. The molecule has 0 radical (unpaired) electrons. The van der Waals surface area contributed by atoms with Gasteiger partial charge in [0.1, 0.15) is 18.2 Å². The Balaban J connectivity index is 1.25. The van der Waals surface area contributed by atoms with Crippen molar-refractivity contribution in [3.8, 4) is 5.75 Å². The van der Waals surface area contributed by atoms with Crippen molar-refractivity contribution in [1.82, 2.24) is 35.1 Å². The van der Waals surface area contributed by atoms with Gasteiger partial charge in [-0.25, -0.2) is 20.0 Å². The first-order chi connectivity index (χ1) is 18.5. The number of nitrogens with zero attached hydrogens (tertiary/aromatic N) is 7. The van der Waals surface area contributed by atoms with Crippen LogP contribution in [0, 0.1) is 6.92 Å². The Labute approximate surface area is 221 Å². The van der Waals surface area contributed by atoms with E-state index in [0.717, 1.165) is 49.2 Å². The number of guanidine groups is 1. The van der Waals surface area contributed by atoms with Crippen molar-refractivity contribution < 1.29 is 19.1 Å². The van der Waals surface area contributed by atoms with Crippen LogP contribution in [0.15, 0.2) is 34.4 Å². The zero-order valence-electron chi connectivity index (χ0n) is 22.1. The number of nitrogens with one attached hydrogen (secondary N) is 1. The van der Waals surface area contributed by atoms with Crippen molar-refractivity contribution in [1.29, 1.82) is 0 Å². The molecule has 0 aromatic carbocycles. The van der Waals surface area contributed by atoms with Crippen LogP contribution in [0.25, 0.3) is 0 Å². The average molecular weight is 523 g/mol. The number of hydrogen-bond donors (Lipinski definition) is 1. The summed E-state index contributed by atoms with van der Waals surface area (Å²) in [6.45, 7) is 7.51. The molecule has 2 atom stereocenters. The summed E-state index contributed by atoms with van der Waals surface area (Å²) in [7, 11) is 1.53. The molecule has 6 rings (SSSR count). The third kappa shape index (κ3) is 4.02. The molecular weight excluding hydrogens is 488 g/mol. The van der Waals surface area contributed by atoms with Gasteiger partial charge in [0.25, 0.3) is 11.8 Å². The van der Waals surface area contributed by atoms with Gasteiger partial charge in [0.2, 0.25) is 5.96 Å². The summed E-state index contributed by atoms with van der Waals surface area (Å²) >= 11 is 0. The van der Waals surface area contributed by atoms with E-state index in [9.17, 15) is 9.59 Å². The Hall–Kier alpha value is -3.51. The Kier molecular flexibility index (Phi) is 6.52. The summed E-state index contributed by atoms with van der Waals surface area (Å²) in [4.78, 5) is 47.0. The van der Waals surface area contributed by atoms with Crippen LogP contribution >= 0.6 is 0 Å². The number of carbonyl (C=O) groups is 2. The Bertz CT molecular complexity index is 1240. The van der Waals surface area contributed by atoms with Crippen LogP contribution in [0.2, 0.25) is 0 Å². The number of piperazine rings is 1. The number of rotatable bonds is 5. The number of hydrogen-bond acceptors (Lipinski definition) is 10. The molecule has 0 spiro atoms. The van der Waals surface area contributed by atoms with Gasteiger partial charge >= 0.3 is 0 Å². The molecule has 0 saturated carbocycles. The molecule has 2 amide bonds. The van der Waals surface area contributed by atoms with Crippen LogP contribution in [0.4, 0.5) is 0 Å². The first kappa shape index (κ1) is 24.8. The van der Waals surface area contributed by atoms with Gasteiger partial charge in [-0.2, -0.15) is 5.43 Å². The van der Waals surface area contributed by atoms with Crippen molar-refractivity contribution in [3.05, 3.63) is 40.8 Å². The predicted molar refractivity (Wildman–Crippen MR) is 138 cm³/mol. The van der Waals surface area contributed by atoms with E-state index in [1.165, 1.54) is 13.4 Å². The van der Waals surface area contributed by atoms with Gasteiger partial charge in [-0.15, -0.1) is 0 Å². The van der Waals surface area contributed by atoms with Crippen molar-refractivity contribution in [2.75, 3.05) is 46.5 Å². The van der Waals surface area contributed by atoms with Gasteiger partial charge in [-0.1, -0.05) is 13.0 Å². The summed E-state index contributed by atoms with van der Waals surface area (Å²) in [5.74, 6) is 0.849. The maximum atomic E-state index is 14.0. The van der Waals surface area contributed by atoms with E-state index in [0.29, 0.717) is 50.3 Å². The molecule has 12 nitrogen and oxygen atoms in total. The molecule has 5 aliphatic rings. The average Bonchev–Trinajstić information content (AvgIpc) is 3.61. The molecule has 0 bridgehead atoms. The third-order valence-electron chi connectivity index (χ3n) is 8.00. The van der Waals surface area contributed by atoms with Crippen molar-refractivity contribution in [3.63, 3.8) is 0 Å². The van der Waals surface area contributed by atoms with E-state index in [2.05, 4.69) is 38.2 Å². The minimum atomic E-state index is -0.248. The van der Waals surface area contributed by atoms with E-state index in [4.69, 9.17) is 14.5 Å². The van der Waals surface area contributed by atoms with Crippen molar-refractivity contribution >= 4 is 17.8 Å². The van der Waals surface area contributed by atoms with E-state index < -0.39 is 0 Å². The zero-order valence-corrected chi connectivity index (χ0v) is 22.1. The van der Waals surface area contributed by atoms with Gasteiger partial charge < -0.3 is 24.2 Å². The van der Waals surface area contributed by atoms with Crippen LogP contribution < -0.4 is 10.2 Å². The Morgan fingerprint density at radius 2 is 2.11 bits per heavy atom. The van der Waals surface area contributed by atoms with Crippen LogP contribution in [0.3, 0.4) is 0 Å². The maximum Gasteiger partial charge on any atom is 0.293 e. The van der Waals surface area contributed by atoms with Crippen molar-refractivity contribution in [2.24, 2.45) is 4.99 Å². The molecule has 38 heavy (non-hydrogen) atoms. The minimum absolute atomic E-state index is 0.00869. The lowest BCUT2D eigenvalue weighted by Gasteiger charge is -2.46. The van der Waals surface area contributed by atoms with E-state index >= 15 is 0 Å². The first-order valence-corrected chi connectivity index (χ1v) is 13.4. The number of methoxy groups -OCH3 is 1. The smallest absolute Gasteiger partial charge is 0.293 e. The quantitative estimate of drug-likeness (QED) is 0.566. The number of hydrazine groups is 1. The standard InChI is InChI=1S/C26H34N8O4/c1-4-18-14-31(24(35)20-22(37-3)16(2)27-15-28-20)10-11-32(18)21-19-6-5-9-33(19)26-29-23(30-34(26)25(21)36)17-7-12-38-13-8-17/h7,15,18,23,30H,4-6,8-14H2,1-3H3. The topological polar surface area (TPSA) is 116 Å². The molecule has 2 fully saturated rings. The molecule has 202 valence electrons. The Morgan fingerprint density at radius 1 is 1.24 bits per heavy atom. The monoisotopic (exact) mass is 522 g/mol. The second kappa shape index (κ2) is 9.99. The Morgan fingerprint density at radius 3 is 2.87 bits per heavy atom. The van der Waals surface area contributed by atoms with Crippen LogP contribution in [-0.4, -0.2) is 106 Å². The molecule has 1 N–H and O–H groups in total. The highest BCUT2D eigenvalue weighted by Gasteiger charge is 2.47. The van der Waals surface area contributed by atoms with E-state index in [-0.39, 0.29) is 29.7 Å². The van der Waals surface area contributed by atoms with Gasteiger partial charge in [-0.3, -0.25) is 9.59 Å². The molecule has 1 aromatic rings. The van der Waals surface area contributed by atoms with E-state index in [1.807, 2.05) is 4.90 Å². The largest absolute Gasteiger partial charge is 0.492 e. The highest BCUT2D eigenvalue weighted by atomic mass is 16.5. The molecule has 2 saturated heterocycles. The fourth-order valence-corrected chi connectivity index (χ4v) is 6.03. The maximum absolute atomic E-state index is 14.0. The summed E-state index contributed by atoms with van der Waals surface area (Å²) in [5.41, 5.74) is 7.18. The normalized spacial score (nSPS) is 25.4. The number of aryl methyl sites for hydroxylation is 1. The molecule has 0 aliphatic carbocycles. The fourth-order valence-electron chi connectivity index (χ4n) is 6.03. The fraction of sp³-hybridized carbons (Fsp3) is 0.577. The zero-order chi connectivity index (χ0) is 26.4. The number of carbonyl (C=O) groups excluding carboxylic acids is 2. The van der Waals surface area contributed by atoms with Gasteiger partial charge in [0.15, 0.2) is 11.4 Å². The summed E-state index contributed by atoms with van der Waals surface area (Å²) < 4.78 is 10.9. The molecule has 1 aromatic heterocycles. The predicted octanol–water partition coefficient (Wildman–Crippen LogP) is 1.03. The lowest BCUT2D eigenvalue weighted by Crippen LogP contribution is -2.61. The third-order valence-corrected chi connectivity index (χ3v) is 8.00. The van der Waals surface area contributed by atoms with Gasteiger partial charge in [0, 0.05) is 32.2 Å². The molecule has 6 heterocycles. The molecular formula is C26H34N8O4. The first-order valence-electron chi connectivity index (χ1n) is 13.4. The van der Waals surface area contributed by atoms with Crippen LogP contribution in [-0.2, 0) is 9.53 Å². The minimum Gasteiger partial charge on any atom is -0.492 e. The molecule has 12 heteroatoms.